The van der Waals surface area contributed by atoms with Gasteiger partial charge in [0.15, 0.2) is 0 Å². The van der Waals surface area contributed by atoms with Gasteiger partial charge in [-0.15, -0.1) is 0 Å². The standard InChI is InChI=1S/C16H20N2O/c19-12-11-18(13-5-1-2-6-13)16-9-10-17-15-8-4-3-7-14(15)16/h3-4,7-10,13,19H,1-2,5-6,11-12H2. The van der Waals surface area contributed by atoms with Gasteiger partial charge in [-0.2, -0.15) is 0 Å². The molecular formula is C16H20N2O. The molecule has 100 valence electrons. The van der Waals surface area contributed by atoms with Crippen LogP contribution in [0.4, 0.5) is 5.69 Å². The average Bonchev–Trinajstić information content (AvgIpc) is 2.98. The first-order chi connectivity index (χ1) is 9.40. The van der Waals surface area contributed by atoms with E-state index >= 15 is 0 Å². The maximum Gasteiger partial charge on any atom is 0.0722 e. The van der Waals surface area contributed by atoms with Crippen molar-refractivity contribution in [2.75, 3.05) is 18.1 Å². The summed E-state index contributed by atoms with van der Waals surface area (Å²) in [6, 6.07) is 10.9. The first kappa shape index (κ1) is 12.4. The Bertz CT molecular complexity index is 544. The zero-order chi connectivity index (χ0) is 13.1. The number of hydrogen-bond acceptors (Lipinski definition) is 3. The minimum absolute atomic E-state index is 0.202. The average molecular weight is 256 g/mol. The van der Waals surface area contributed by atoms with Crippen LogP contribution in [0.5, 0.6) is 0 Å². The van der Waals surface area contributed by atoms with Crippen LogP contribution in [-0.2, 0) is 0 Å². The molecular weight excluding hydrogens is 236 g/mol. The second-order valence-corrected chi connectivity index (χ2v) is 5.20. The molecule has 0 aliphatic heterocycles. The lowest BCUT2D eigenvalue weighted by molar-refractivity contribution is 0.297. The van der Waals surface area contributed by atoms with E-state index in [1.165, 1.54) is 36.8 Å². The highest BCUT2D eigenvalue weighted by molar-refractivity contribution is 5.91. The molecule has 3 rings (SSSR count). The lowest BCUT2D eigenvalue weighted by Crippen LogP contribution is -2.35. The molecule has 3 heteroatoms. The van der Waals surface area contributed by atoms with Crippen molar-refractivity contribution in [2.24, 2.45) is 0 Å². The maximum atomic E-state index is 9.37. The molecule has 1 saturated carbocycles. The van der Waals surface area contributed by atoms with Crippen LogP contribution in [0.3, 0.4) is 0 Å². The van der Waals surface area contributed by atoms with E-state index in [0.717, 1.165) is 5.52 Å². The second kappa shape index (κ2) is 5.57. The van der Waals surface area contributed by atoms with E-state index in [9.17, 15) is 5.11 Å². The van der Waals surface area contributed by atoms with Crippen LogP contribution >= 0.6 is 0 Å². The monoisotopic (exact) mass is 256 g/mol. The molecule has 0 amide bonds. The predicted octanol–water partition coefficient (Wildman–Crippen LogP) is 2.98. The number of aliphatic hydroxyl groups is 1. The number of hydrogen-bond donors (Lipinski definition) is 1. The third-order valence-corrected chi connectivity index (χ3v) is 4.04. The fraction of sp³-hybridized carbons (Fsp3) is 0.438. The number of anilines is 1. The van der Waals surface area contributed by atoms with Gasteiger partial charge in [0.2, 0.25) is 0 Å². The van der Waals surface area contributed by atoms with E-state index < -0.39 is 0 Å². The fourth-order valence-corrected chi connectivity index (χ4v) is 3.15. The third-order valence-electron chi connectivity index (χ3n) is 4.04. The summed E-state index contributed by atoms with van der Waals surface area (Å²) in [5, 5.41) is 10.6. The topological polar surface area (TPSA) is 36.4 Å². The van der Waals surface area contributed by atoms with E-state index in [1.54, 1.807) is 0 Å². The Morgan fingerprint density at radius 2 is 1.95 bits per heavy atom. The summed E-state index contributed by atoms with van der Waals surface area (Å²) in [6.45, 7) is 0.909. The number of aromatic nitrogens is 1. The molecule has 0 radical (unpaired) electrons. The Balaban J connectivity index is 2.03. The largest absolute Gasteiger partial charge is 0.395 e. The van der Waals surface area contributed by atoms with Gasteiger partial charge in [0.1, 0.15) is 0 Å². The van der Waals surface area contributed by atoms with Gasteiger partial charge in [-0.1, -0.05) is 31.0 Å². The molecule has 1 fully saturated rings. The van der Waals surface area contributed by atoms with Crippen molar-refractivity contribution in [3.8, 4) is 0 Å². The molecule has 0 atom stereocenters. The normalized spacial score (nSPS) is 16.1. The molecule has 1 N–H and O–H groups in total. The van der Waals surface area contributed by atoms with Crippen molar-refractivity contribution in [2.45, 2.75) is 31.7 Å². The van der Waals surface area contributed by atoms with Gasteiger partial charge < -0.3 is 10.0 Å². The van der Waals surface area contributed by atoms with Gasteiger partial charge in [-0.25, -0.2) is 0 Å². The Labute approximate surface area is 113 Å². The van der Waals surface area contributed by atoms with Crippen LogP contribution in [-0.4, -0.2) is 29.3 Å². The van der Waals surface area contributed by atoms with Gasteiger partial charge in [0, 0.05) is 29.9 Å². The summed E-state index contributed by atoms with van der Waals surface area (Å²) in [4.78, 5) is 6.79. The molecule has 1 aromatic heterocycles. The highest BCUT2D eigenvalue weighted by Gasteiger charge is 2.23. The van der Waals surface area contributed by atoms with Crippen LogP contribution in [0.25, 0.3) is 10.9 Å². The molecule has 0 bridgehead atoms. The van der Waals surface area contributed by atoms with Crippen LogP contribution in [0.1, 0.15) is 25.7 Å². The molecule has 1 aromatic carbocycles. The molecule has 1 heterocycles. The molecule has 19 heavy (non-hydrogen) atoms. The number of nitrogens with zero attached hydrogens (tertiary/aromatic N) is 2. The van der Waals surface area contributed by atoms with E-state index in [-0.39, 0.29) is 6.61 Å². The van der Waals surface area contributed by atoms with Crippen molar-refractivity contribution in [3.63, 3.8) is 0 Å². The number of rotatable bonds is 4. The SMILES string of the molecule is OCCN(c1ccnc2ccccc12)C1CCCC1. The Morgan fingerprint density at radius 3 is 2.74 bits per heavy atom. The summed E-state index contributed by atoms with van der Waals surface area (Å²) < 4.78 is 0. The summed E-state index contributed by atoms with van der Waals surface area (Å²) in [5.41, 5.74) is 2.24. The molecule has 0 saturated heterocycles. The van der Waals surface area contributed by atoms with E-state index in [1.807, 2.05) is 18.3 Å². The number of para-hydroxylation sites is 1. The summed E-state index contributed by atoms with van der Waals surface area (Å²) in [5.74, 6) is 0. The van der Waals surface area contributed by atoms with E-state index in [2.05, 4.69) is 28.1 Å². The summed E-state index contributed by atoms with van der Waals surface area (Å²) in [6.07, 6.45) is 6.94. The van der Waals surface area contributed by atoms with Crippen LogP contribution in [0, 0.1) is 0 Å². The first-order valence-electron chi connectivity index (χ1n) is 7.11. The van der Waals surface area contributed by atoms with E-state index in [0.29, 0.717) is 12.6 Å². The van der Waals surface area contributed by atoms with Crippen molar-refractivity contribution in [1.29, 1.82) is 0 Å². The van der Waals surface area contributed by atoms with Gasteiger partial charge in [0.25, 0.3) is 0 Å². The van der Waals surface area contributed by atoms with Crippen LogP contribution < -0.4 is 4.90 Å². The molecule has 0 unspecified atom stereocenters. The molecule has 2 aromatic rings. The predicted molar refractivity (Wildman–Crippen MR) is 78.4 cm³/mol. The van der Waals surface area contributed by atoms with Crippen LogP contribution in [0.2, 0.25) is 0 Å². The molecule has 3 nitrogen and oxygen atoms in total. The minimum Gasteiger partial charge on any atom is -0.395 e. The van der Waals surface area contributed by atoms with Crippen molar-refractivity contribution < 1.29 is 5.11 Å². The summed E-state index contributed by atoms with van der Waals surface area (Å²) in [7, 11) is 0. The zero-order valence-electron chi connectivity index (χ0n) is 11.1. The highest BCUT2D eigenvalue weighted by Crippen LogP contribution is 2.32. The second-order valence-electron chi connectivity index (χ2n) is 5.20. The van der Waals surface area contributed by atoms with Gasteiger partial charge in [-0.3, -0.25) is 4.98 Å². The summed E-state index contributed by atoms with van der Waals surface area (Å²) >= 11 is 0. The third kappa shape index (κ3) is 2.43. The van der Waals surface area contributed by atoms with Gasteiger partial charge in [-0.05, 0) is 25.0 Å². The molecule has 1 aliphatic carbocycles. The smallest absolute Gasteiger partial charge is 0.0722 e. The number of fused-ring (bicyclic) bond motifs is 1. The number of pyridine rings is 1. The fourth-order valence-electron chi connectivity index (χ4n) is 3.15. The number of aliphatic hydroxyl groups excluding tert-OH is 1. The Morgan fingerprint density at radius 1 is 1.16 bits per heavy atom. The molecule has 1 aliphatic rings. The lowest BCUT2D eigenvalue weighted by Gasteiger charge is -2.31. The quantitative estimate of drug-likeness (QED) is 0.913. The Hall–Kier alpha value is -1.61. The lowest BCUT2D eigenvalue weighted by atomic mass is 10.1. The number of benzene rings is 1. The van der Waals surface area contributed by atoms with Gasteiger partial charge >= 0.3 is 0 Å². The minimum atomic E-state index is 0.202. The van der Waals surface area contributed by atoms with Crippen molar-refractivity contribution in [1.82, 2.24) is 4.98 Å². The van der Waals surface area contributed by atoms with Crippen molar-refractivity contribution >= 4 is 16.6 Å². The van der Waals surface area contributed by atoms with Crippen molar-refractivity contribution in [3.05, 3.63) is 36.5 Å². The van der Waals surface area contributed by atoms with E-state index in [4.69, 9.17) is 0 Å². The Kier molecular flexibility index (Phi) is 3.65. The first-order valence-corrected chi connectivity index (χ1v) is 7.11. The van der Waals surface area contributed by atoms with Gasteiger partial charge in [0.05, 0.1) is 12.1 Å². The maximum absolute atomic E-state index is 9.37. The highest BCUT2D eigenvalue weighted by atomic mass is 16.3. The zero-order valence-corrected chi connectivity index (χ0v) is 11.1. The van der Waals surface area contributed by atoms with Crippen LogP contribution in [0.15, 0.2) is 36.5 Å². The molecule has 0 spiro atoms.